The summed E-state index contributed by atoms with van der Waals surface area (Å²) in [4.78, 5) is 2.24. The molecule has 0 aromatic carbocycles. The Morgan fingerprint density at radius 2 is 2.07 bits per heavy atom. The molecule has 0 aromatic rings. The predicted octanol–water partition coefficient (Wildman–Crippen LogP) is 1.10. The summed E-state index contributed by atoms with van der Waals surface area (Å²) in [5.41, 5.74) is 0. The van der Waals surface area contributed by atoms with Crippen molar-refractivity contribution in [2.75, 3.05) is 33.8 Å². The van der Waals surface area contributed by atoms with E-state index >= 15 is 0 Å². The van der Waals surface area contributed by atoms with E-state index in [1.165, 1.54) is 32.2 Å². The third-order valence-corrected chi connectivity index (χ3v) is 3.41. The van der Waals surface area contributed by atoms with Gasteiger partial charge in [0.05, 0.1) is 6.10 Å². The van der Waals surface area contributed by atoms with Crippen molar-refractivity contribution in [2.45, 2.75) is 37.8 Å². The molecule has 0 radical (unpaired) electrons. The van der Waals surface area contributed by atoms with E-state index in [2.05, 4.69) is 24.3 Å². The van der Waals surface area contributed by atoms with Gasteiger partial charge in [-0.1, -0.05) is 0 Å². The smallest absolute Gasteiger partial charge is 0.0756 e. The lowest BCUT2D eigenvalue weighted by molar-refractivity contribution is 0.0811. The lowest BCUT2D eigenvalue weighted by Gasteiger charge is -2.20. The molecule has 2 aliphatic rings. The SMILES string of the molecule is CN(C)CCCNC1CCOC1C1CC1. The number of rotatable bonds is 6. The van der Waals surface area contributed by atoms with Gasteiger partial charge in [-0.05, 0) is 58.8 Å². The molecule has 1 aliphatic heterocycles. The molecule has 2 unspecified atom stereocenters. The Kier molecular flexibility index (Phi) is 4.00. The van der Waals surface area contributed by atoms with E-state index in [-0.39, 0.29) is 0 Å². The van der Waals surface area contributed by atoms with Crippen molar-refractivity contribution in [3.05, 3.63) is 0 Å². The molecule has 3 nitrogen and oxygen atoms in total. The van der Waals surface area contributed by atoms with Gasteiger partial charge in [0.1, 0.15) is 0 Å². The zero-order valence-electron chi connectivity index (χ0n) is 10.0. The van der Waals surface area contributed by atoms with E-state index < -0.39 is 0 Å². The van der Waals surface area contributed by atoms with Crippen molar-refractivity contribution in [3.8, 4) is 0 Å². The fraction of sp³-hybridized carbons (Fsp3) is 1.00. The summed E-state index contributed by atoms with van der Waals surface area (Å²) in [5, 5.41) is 3.66. The maximum Gasteiger partial charge on any atom is 0.0756 e. The summed E-state index contributed by atoms with van der Waals surface area (Å²) in [7, 11) is 4.26. The summed E-state index contributed by atoms with van der Waals surface area (Å²) in [6.07, 6.45) is 5.76. The molecule has 1 saturated carbocycles. The van der Waals surface area contributed by atoms with Crippen molar-refractivity contribution in [3.63, 3.8) is 0 Å². The topological polar surface area (TPSA) is 24.5 Å². The zero-order valence-corrected chi connectivity index (χ0v) is 10.0. The standard InChI is InChI=1S/C12H24N2O/c1-14(2)8-3-7-13-11-6-9-15-12(11)10-4-5-10/h10-13H,3-9H2,1-2H3. The molecule has 88 valence electrons. The minimum absolute atomic E-state index is 0.532. The van der Waals surface area contributed by atoms with Gasteiger partial charge in [0.15, 0.2) is 0 Å². The summed E-state index contributed by atoms with van der Waals surface area (Å²) in [6.45, 7) is 3.27. The first-order chi connectivity index (χ1) is 7.27. The first-order valence-corrected chi connectivity index (χ1v) is 6.27. The molecule has 2 rings (SSSR count). The van der Waals surface area contributed by atoms with E-state index in [0.717, 1.165) is 19.1 Å². The highest BCUT2D eigenvalue weighted by atomic mass is 16.5. The number of nitrogens with zero attached hydrogens (tertiary/aromatic N) is 1. The summed E-state index contributed by atoms with van der Waals surface area (Å²) < 4.78 is 5.79. The fourth-order valence-electron chi connectivity index (χ4n) is 2.40. The maximum absolute atomic E-state index is 5.79. The summed E-state index contributed by atoms with van der Waals surface area (Å²) in [6, 6.07) is 0.639. The average Bonchev–Trinajstić information content (AvgIpc) is 2.93. The maximum atomic E-state index is 5.79. The van der Waals surface area contributed by atoms with Crippen LogP contribution in [-0.2, 0) is 4.74 Å². The first kappa shape index (κ1) is 11.4. The largest absolute Gasteiger partial charge is 0.376 e. The average molecular weight is 212 g/mol. The molecule has 0 aromatic heterocycles. The third-order valence-electron chi connectivity index (χ3n) is 3.41. The Balaban J connectivity index is 1.61. The Hall–Kier alpha value is -0.120. The van der Waals surface area contributed by atoms with Crippen LogP contribution in [0.3, 0.4) is 0 Å². The van der Waals surface area contributed by atoms with E-state index in [4.69, 9.17) is 4.74 Å². The molecule has 3 heteroatoms. The molecule has 15 heavy (non-hydrogen) atoms. The van der Waals surface area contributed by atoms with Crippen LogP contribution in [0.2, 0.25) is 0 Å². The van der Waals surface area contributed by atoms with Crippen LogP contribution in [0, 0.1) is 5.92 Å². The highest BCUT2D eigenvalue weighted by Gasteiger charge is 2.40. The minimum atomic E-state index is 0.532. The van der Waals surface area contributed by atoms with Crippen LogP contribution in [0.15, 0.2) is 0 Å². The summed E-state index contributed by atoms with van der Waals surface area (Å²) >= 11 is 0. The number of hydrogen-bond acceptors (Lipinski definition) is 3. The molecule has 1 saturated heterocycles. The molecule has 0 bridgehead atoms. The van der Waals surface area contributed by atoms with E-state index in [0.29, 0.717) is 12.1 Å². The first-order valence-electron chi connectivity index (χ1n) is 6.27. The minimum Gasteiger partial charge on any atom is -0.376 e. The van der Waals surface area contributed by atoms with Crippen molar-refractivity contribution in [1.29, 1.82) is 0 Å². The van der Waals surface area contributed by atoms with Crippen LogP contribution in [0.5, 0.6) is 0 Å². The molecular weight excluding hydrogens is 188 g/mol. The fourth-order valence-corrected chi connectivity index (χ4v) is 2.40. The van der Waals surface area contributed by atoms with Gasteiger partial charge in [-0.25, -0.2) is 0 Å². The highest BCUT2D eigenvalue weighted by Crippen LogP contribution is 2.38. The van der Waals surface area contributed by atoms with Crippen molar-refractivity contribution < 1.29 is 4.74 Å². The Morgan fingerprint density at radius 3 is 2.73 bits per heavy atom. The molecule has 1 N–H and O–H groups in total. The normalized spacial score (nSPS) is 31.4. The quantitative estimate of drug-likeness (QED) is 0.667. The van der Waals surface area contributed by atoms with E-state index in [1.54, 1.807) is 0 Å². The van der Waals surface area contributed by atoms with E-state index in [1.807, 2.05) is 0 Å². The van der Waals surface area contributed by atoms with Gasteiger partial charge < -0.3 is 15.0 Å². The van der Waals surface area contributed by atoms with Gasteiger partial charge in [-0.15, -0.1) is 0 Å². The second kappa shape index (κ2) is 5.28. The Labute approximate surface area is 93.2 Å². The van der Waals surface area contributed by atoms with E-state index in [9.17, 15) is 0 Å². The van der Waals surface area contributed by atoms with Gasteiger partial charge in [0, 0.05) is 12.6 Å². The molecule has 2 atom stereocenters. The van der Waals surface area contributed by atoms with Crippen LogP contribution in [-0.4, -0.2) is 50.8 Å². The molecule has 0 spiro atoms. The number of hydrogen-bond donors (Lipinski definition) is 1. The van der Waals surface area contributed by atoms with Crippen LogP contribution >= 0.6 is 0 Å². The predicted molar refractivity (Wildman–Crippen MR) is 62.0 cm³/mol. The highest BCUT2D eigenvalue weighted by molar-refractivity contribution is 4.93. The lowest BCUT2D eigenvalue weighted by Crippen LogP contribution is -2.38. The van der Waals surface area contributed by atoms with Crippen LogP contribution < -0.4 is 5.32 Å². The molecule has 0 amide bonds. The summed E-state index contributed by atoms with van der Waals surface area (Å²) in [5.74, 6) is 0.874. The number of nitrogens with one attached hydrogen (secondary N) is 1. The van der Waals surface area contributed by atoms with Crippen LogP contribution in [0.25, 0.3) is 0 Å². The monoisotopic (exact) mass is 212 g/mol. The molecule has 1 aliphatic carbocycles. The molecular formula is C12H24N2O. The van der Waals surface area contributed by atoms with Gasteiger partial charge in [0.25, 0.3) is 0 Å². The van der Waals surface area contributed by atoms with Gasteiger partial charge in [-0.3, -0.25) is 0 Å². The van der Waals surface area contributed by atoms with Crippen molar-refractivity contribution in [2.24, 2.45) is 5.92 Å². The second-order valence-corrected chi connectivity index (χ2v) is 5.18. The second-order valence-electron chi connectivity index (χ2n) is 5.18. The van der Waals surface area contributed by atoms with Gasteiger partial charge >= 0.3 is 0 Å². The molecule has 2 fully saturated rings. The molecule has 1 heterocycles. The Morgan fingerprint density at radius 1 is 1.27 bits per heavy atom. The lowest BCUT2D eigenvalue weighted by atomic mass is 10.1. The third kappa shape index (κ3) is 3.44. The Bertz CT molecular complexity index is 192. The zero-order chi connectivity index (χ0) is 10.7. The van der Waals surface area contributed by atoms with Gasteiger partial charge in [0.2, 0.25) is 0 Å². The van der Waals surface area contributed by atoms with Crippen molar-refractivity contribution >= 4 is 0 Å². The van der Waals surface area contributed by atoms with Crippen LogP contribution in [0.1, 0.15) is 25.7 Å². The van der Waals surface area contributed by atoms with Crippen LogP contribution in [0.4, 0.5) is 0 Å². The number of ether oxygens (including phenoxy) is 1. The van der Waals surface area contributed by atoms with Gasteiger partial charge in [-0.2, -0.15) is 0 Å². The van der Waals surface area contributed by atoms with Crippen molar-refractivity contribution in [1.82, 2.24) is 10.2 Å².